The summed E-state index contributed by atoms with van der Waals surface area (Å²) in [5.74, 6) is 0.395. The second kappa shape index (κ2) is 7.41. The van der Waals surface area contributed by atoms with E-state index in [1.165, 1.54) is 29.4 Å². The van der Waals surface area contributed by atoms with E-state index in [0.717, 1.165) is 27.3 Å². The highest BCUT2D eigenvalue weighted by molar-refractivity contribution is 8.00. The predicted molar refractivity (Wildman–Crippen MR) is 115 cm³/mol. The Morgan fingerprint density at radius 1 is 1.15 bits per heavy atom. The van der Waals surface area contributed by atoms with Crippen LogP contribution in [-0.4, -0.2) is 35.7 Å². The Labute approximate surface area is 167 Å². The van der Waals surface area contributed by atoms with Crippen LogP contribution in [0.4, 0.5) is 0 Å². The summed E-state index contributed by atoms with van der Waals surface area (Å²) in [5, 5.41) is 1.18. The van der Waals surface area contributed by atoms with Crippen LogP contribution in [-0.2, 0) is 9.84 Å². The van der Waals surface area contributed by atoms with Crippen LogP contribution in [0.25, 0.3) is 15.9 Å². The number of rotatable bonds is 5. The summed E-state index contributed by atoms with van der Waals surface area (Å²) in [6.07, 6.45) is 1.22. The number of sulfone groups is 1. The number of aromatic nitrogens is 2. The van der Waals surface area contributed by atoms with Crippen molar-refractivity contribution >= 4 is 43.2 Å². The van der Waals surface area contributed by atoms with Gasteiger partial charge in [-0.3, -0.25) is 9.36 Å². The van der Waals surface area contributed by atoms with Crippen molar-refractivity contribution in [1.82, 2.24) is 9.55 Å². The van der Waals surface area contributed by atoms with Crippen molar-refractivity contribution in [2.45, 2.75) is 32.9 Å². The number of nitrogens with zero attached hydrogens (tertiary/aromatic N) is 2. The van der Waals surface area contributed by atoms with E-state index in [-0.39, 0.29) is 11.3 Å². The van der Waals surface area contributed by atoms with E-state index in [0.29, 0.717) is 21.1 Å². The molecule has 0 unspecified atom stereocenters. The highest BCUT2D eigenvalue weighted by Crippen LogP contribution is 2.30. The molecule has 0 saturated heterocycles. The Kier molecular flexibility index (Phi) is 5.52. The summed E-state index contributed by atoms with van der Waals surface area (Å²) in [5.41, 5.74) is 3.75. The zero-order chi connectivity index (χ0) is 19.9. The molecule has 0 aliphatic carbocycles. The van der Waals surface area contributed by atoms with Gasteiger partial charge >= 0.3 is 0 Å². The lowest BCUT2D eigenvalue weighted by Crippen LogP contribution is -2.23. The van der Waals surface area contributed by atoms with Crippen molar-refractivity contribution in [1.29, 1.82) is 0 Å². The van der Waals surface area contributed by atoms with Gasteiger partial charge in [0.2, 0.25) is 0 Å². The number of aryl methyl sites for hydroxylation is 3. The number of hydrogen-bond acceptors (Lipinski definition) is 6. The maximum atomic E-state index is 13.4. The van der Waals surface area contributed by atoms with Gasteiger partial charge in [-0.1, -0.05) is 23.9 Å². The second-order valence-electron chi connectivity index (χ2n) is 6.70. The molecule has 0 atom stereocenters. The number of benzene rings is 1. The highest BCUT2D eigenvalue weighted by Gasteiger charge is 2.19. The summed E-state index contributed by atoms with van der Waals surface area (Å²) in [4.78, 5) is 19.9. The van der Waals surface area contributed by atoms with Gasteiger partial charge in [-0.25, -0.2) is 13.4 Å². The van der Waals surface area contributed by atoms with Crippen molar-refractivity contribution < 1.29 is 8.42 Å². The van der Waals surface area contributed by atoms with Crippen LogP contribution in [0.2, 0.25) is 0 Å². The first-order valence-electron chi connectivity index (χ1n) is 8.50. The molecule has 3 rings (SSSR count). The van der Waals surface area contributed by atoms with Gasteiger partial charge in [-0.2, -0.15) is 0 Å². The average molecular weight is 423 g/mol. The molecular formula is C19H22N2O3S3. The molecule has 144 valence electrons. The van der Waals surface area contributed by atoms with Crippen LogP contribution in [0.1, 0.15) is 21.6 Å². The standard InChI is InChI=1S/C19H22N2O3S3/c1-11-7-6-8-15(12(11)2)21-18(22)16-13(3)14(4)26-17(16)20-19(21)25-9-10-27(5,23)24/h6-8H,9-10H2,1-5H3. The first-order valence-corrected chi connectivity index (χ1v) is 12.4. The maximum absolute atomic E-state index is 13.4. The zero-order valence-electron chi connectivity index (χ0n) is 16.0. The number of thiophene rings is 1. The molecule has 0 saturated carbocycles. The molecule has 0 amide bonds. The molecule has 1 aromatic carbocycles. The smallest absolute Gasteiger partial charge is 0.267 e. The van der Waals surface area contributed by atoms with E-state index in [1.54, 1.807) is 4.57 Å². The quantitative estimate of drug-likeness (QED) is 0.462. The zero-order valence-corrected chi connectivity index (χ0v) is 18.4. The molecule has 0 spiro atoms. The molecular weight excluding hydrogens is 400 g/mol. The van der Waals surface area contributed by atoms with Crippen molar-refractivity contribution in [3.8, 4) is 5.69 Å². The third-order valence-electron chi connectivity index (χ3n) is 4.67. The molecule has 0 radical (unpaired) electrons. The van der Waals surface area contributed by atoms with Crippen molar-refractivity contribution in [2.24, 2.45) is 0 Å². The van der Waals surface area contributed by atoms with Gasteiger partial charge in [-0.15, -0.1) is 11.3 Å². The number of hydrogen-bond donors (Lipinski definition) is 0. The number of fused-ring (bicyclic) bond motifs is 1. The van der Waals surface area contributed by atoms with E-state index in [4.69, 9.17) is 4.98 Å². The van der Waals surface area contributed by atoms with E-state index >= 15 is 0 Å². The van der Waals surface area contributed by atoms with Crippen LogP contribution in [0.15, 0.2) is 28.2 Å². The summed E-state index contributed by atoms with van der Waals surface area (Å²) in [6, 6.07) is 5.84. The SMILES string of the molecule is Cc1cccc(-n2c(SCCS(C)(=O)=O)nc3sc(C)c(C)c3c2=O)c1C. The Morgan fingerprint density at radius 2 is 1.85 bits per heavy atom. The van der Waals surface area contributed by atoms with E-state index in [9.17, 15) is 13.2 Å². The average Bonchev–Trinajstić information content (AvgIpc) is 2.84. The molecule has 5 nitrogen and oxygen atoms in total. The van der Waals surface area contributed by atoms with Gasteiger partial charge in [-0.05, 0) is 50.5 Å². The molecule has 8 heteroatoms. The van der Waals surface area contributed by atoms with Gasteiger partial charge in [0.05, 0.1) is 16.8 Å². The summed E-state index contributed by atoms with van der Waals surface area (Å²) in [7, 11) is -3.08. The molecule has 0 N–H and O–H groups in total. The molecule has 2 aromatic heterocycles. The van der Waals surface area contributed by atoms with Gasteiger partial charge in [0, 0.05) is 16.9 Å². The Bertz CT molecular complexity index is 1190. The van der Waals surface area contributed by atoms with Crippen LogP contribution in [0.5, 0.6) is 0 Å². The van der Waals surface area contributed by atoms with E-state index < -0.39 is 9.84 Å². The second-order valence-corrected chi connectivity index (χ2v) is 11.2. The van der Waals surface area contributed by atoms with Gasteiger partial charge in [0.25, 0.3) is 5.56 Å². The predicted octanol–water partition coefficient (Wildman–Crippen LogP) is 3.82. The van der Waals surface area contributed by atoms with E-state index in [1.807, 2.05) is 45.9 Å². The highest BCUT2D eigenvalue weighted by atomic mass is 32.2. The molecule has 0 aliphatic heterocycles. The fourth-order valence-corrected chi connectivity index (χ4v) is 6.12. The lowest BCUT2D eigenvalue weighted by molar-refractivity contribution is 0.603. The normalized spacial score (nSPS) is 12.0. The summed E-state index contributed by atoms with van der Waals surface area (Å²) in [6.45, 7) is 7.92. The molecule has 2 heterocycles. The molecule has 27 heavy (non-hydrogen) atoms. The van der Waals surface area contributed by atoms with Crippen LogP contribution >= 0.6 is 23.1 Å². The van der Waals surface area contributed by atoms with Crippen LogP contribution in [0.3, 0.4) is 0 Å². The monoisotopic (exact) mass is 422 g/mol. The first-order chi connectivity index (χ1) is 12.6. The van der Waals surface area contributed by atoms with Gasteiger partial charge < -0.3 is 0 Å². The van der Waals surface area contributed by atoms with Crippen molar-refractivity contribution in [3.05, 3.63) is 50.1 Å². The Balaban J connectivity index is 2.26. The first kappa shape index (κ1) is 20.1. The van der Waals surface area contributed by atoms with E-state index in [2.05, 4.69) is 0 Å². The fourth-order valence-electron chi connectivity index (χ4n) is 2.85. The Hall–Kier alpha value is -1.64. The molecule has 3 aromatic rings. The summed E-state index contributed by atoms with van der Waals surface area (Å²) >= 11 is 2.81. The third-order valence-corrected chi connectivity index (χ3v) is 7.92. The minimum Gasteiger partial charge on any atom is -0.268 e. The number of thioether (sulfide) groups is 1. The van der Waals surface area contributed by atoms with Gasteiger partial charge in [0.1, 0.15) is 14.7 Å². The molecule has 0 bridgehead atoms. The van der Waals surface area contributed by atoms with Gasteiger partial charge in [0.15, 0.2) is 5.16 Å². The maximum Gasteiger partial charge on any atom is 0.267 e. The summed E-state index contributed by atoms with van der Waals surface area (Å²) < 4.78 is 24.6. The van der Waals surface area contributed by atoms with Crippen molar-refractivity contribution in [3.63, 3.8) is 0 Å². The topological polar surface area (TPSA) is 69.0 Å². The lowest BCUT2D eigenvalue weighted by atomic mass is 10.1. The lowest BCUT2D eigenvalue weighted by Gasteiger charge is -2.15. The third kappa shape index (κ3) is 3.97. The fraction of sp³-hybridized carbons (Fsp3) is 0.368. The van der Waals surface area contributed by atoms with Crippen LogP contribution < -0.4 is 5.56 Å². The van der Waals surface area contributed by atoms with Crippen LogP contribution in [0, 0.1) is 27.7 Å². The minimum atomic E-state index is -3.08. The molecule has 0 fully saturated rings. The largest absolute Gasteiger partial charge is 0.268 e. The van der Waals surface area contributed by atoms with Crippen molar-refractivity contribution in [2.75, 3.05) is 17.8 Å². The Morgan fingerprint density at radius 3 is 2.52 bits per heavy atom. The molecule has 0 aliphatic rings. The minimum absolute atomic E-state index is 0.0425.